The molecule has 6 heteroatoms. The fourth-order valence-electron chi connectivity index (χ4n) is 1.93. The molecule has 1 amide bonds. The first-order valence-corrected chi connectivity index (χ1v) is 7.99. The van der Waals surface area contributed by atoms with Crippen LogP contribution in [-0.2, 0) is 16.0 Å². The standard InChI is InChI=1S/C16H16N2O3S/c1-3-10-22(20)15-8-5-12(11-14(15)21-2)4-6-13-7-9-16(19)18-17-13/h1,4-6,8,11H,7,9-10H2,2H3,(H,18,19). The molecule has 1 N–H and O–H groups in total. The maximum atomic E-state index is 12.0. The van der Waals surface area contributed by atoms with Crippen molar-refractivity contribution in [2.24, 2.45) is 5.10 Å². The first kappa shape index (κ1) is 16.1. The van der Waals surface area contributed by atoms with Gasteiger partial charge < -0.3 is 9.29 Å². The van der Waals surface area contributed by atoms with Crippen LogP contribution in [0.4, 0.5) is 0 Å². The number of benzene rings is 1. The number of allylic oxidation sites excluding steroid dienone is 1. The zero-order valence-electron chi connectivity index (χ0n) is 12.2. The van der Waals surface area contributed by atoms with Crippen LogP contribution in [0.15, 0.2) is 34.3 Å². The highest BCUT2D eigenvalue weighted by molar-refractivity contribution is 7.91. The van der Waals surface area contributed by atoms with Gasteiger partial charge in [-0.1, -0.05) is 12.0 Å². The lowest BCUT2D eigenvalue weighted by Crippen LogP contribution is -2.24. The summed E-state index contributed by atoms with van der Waals surface area (Å²) in [5, 5.41) is 3.97. The molecule has 0 aliphatic carbocycles. The van der Waals surface area contributed by atoms with Gasteiger partial charge in [0.1, 0.15) is 0 Å². The molecule has 2 rings (SSSR count). The summed E-state index contributed by atoms with van der Waals surface area (Å²) in [7, 11) is 1.53. The van der Waals surface area contributed by atoms with Crippen LogP contribution in [0.25, 0.3) is 6.08 Å². The van der Waals surface area contributed by atoms with Crippen molar-refractivity contribution in [2.45, 2.75) is 17.7 Å². The van der Waals surface area contributed by atoms with Gasteiger partial charge in [-0.25, -0.2) is 5.43 Å². The molecule has 0 saturated heterocycles. The van der Waals surface area contributed by atoms with E-state index >= 15 is 0 Å². The number of terminal acetylenes is 1. The van der Waals surface area contributed by atoms with Crippen LogP contribution in [0.1, 0.15) is 18.4 Å². The van der Waals surface area contributed by atoms with Crippen LogP contribution in [0.2, 0.25) is 0 Å². The SMILES string of the molecule is C#CC[S+]([O-])c1ccc(C=CC2=NNC(=O)CC2)cc1OC. The topological polar surface area (TPSA) is 73.8 Å². The Morgan fingerprint density at radius 1 is 1.50 bits per heavy atom. The highest BCUT2D eigenvalue weighted by atomic mass is 32.2. The van der Waals surface area contributed by atoms with Gasteiger partial charge in [-0.15, -0.1) is 6.42 Å². The molecule has 1 heterocycles. The quantitative estimate of drug-likeness (QED) is 0.664. The summed E-state index contributed by atoms with van der Waals surface area (Å²) in [5.41, 5.74) is 4.13. The van der Waals surface area contributed by atoms with Crippen LogP contribution >= 0.6 is 0 Å². The van der Waals surface area contributed by atoms with Gasteiger partial charge in [0, 0.05) is 24.0 Å². The third kappa shape index (κ3) is 4.13. The number of carbonyl (C=O) groups is 1. The van der Waals surface area contributed by atoms with Gasteiger partial charge in [0.15, 0.2) is 16.4 Å². The van der Waals surface area contributed by atoms with Crippen molar-refractivity contribution in [3.8, 4) is 18.1 Å². The Labute approximate surface area is 132 Å². The molecule has 1 aromatic rings. The normalized spacial score (nSPS) is 15.9. The van der Waals surface area contributed by atoms with E-state index in [1.54, 1.807) is 12.1 Å². The molecule has 1 unspecified atom stereocenters. The summed E-state index contributed by atoms with van der Waals surface area (Å²) in [6.45, 7) is 0. The zero-order chi connectivity index (χ0) is 15.9. The second-order valence-electron chi connectivity index (χ2n) is 4.58. The second kappa shape index (κ2) is 7.69. The van der Waals surface area contributed by atoms with Gasteiger partial charge in [0.2, 0.25) is 5.91 Å². The highest BCUT2D eigenvalue weighted by Crippen LogP contribution is 2.26. The van der Waals surface area contributed by atoms with E-state index < -0.39 is 11.2 Å². The fraction of sp³-hybridized carbons (Fsp3) is 0.250. The third-order valence-corrected chi connectivity index (χ3v) is 4.30. The van der Waals surface area contributed by atoms with Crippen molar-refractivity contribution < 1.29 is 14.1 Å². The molecule has 0 bridgehead atoms. The Morgan fingerprint density at radius 3 is 2.95 bits per heavy atom. The summed E-state index contributed by atoms with van der Waals surface area (Å²) < 4.78 is 17.3. The summed E-state index contributed by atoms with van der Waals surface area (Å²) in [4.78, 5) is 11.6. The van der Waals surface area contributed by atoms with Gasteiger partial charge in [-0.3, -0.25) is 4.79 Å². The monoisotopic (exact) mass is 316 g/mol. The maximum absolute atomic E-state index is 12.0. The van der Waals surface area contributed by atoms with Crippen LogP contribution in [-0.4, -0.2) is 29.0 Å². The minimum Gasteiger partial charge on any atom is -0.611 e. The molecular formula is C16H16N2O3S. The first-order chi connectivity index (χ1) is 10.6. The van der Waals surface area contributed by atoms with Crippen LogP contribution in [0.3, 0.4) is 0 Å². The number of hydrazone groups is 1. The molecule has 0 spiro atoms. The maximum Gasteiger partial charge on any atom is 0.240 e. The Morgan fingerprint density at radius 2 is 2.32 bits per heavy atom. The van der Waals surface area contributed by atoms with Crippen LogP contribution in [0.5, 0.6) is 5.75 Å². The molecule has 1 aromatic carbocycles. The smallest absolute Gasteiger partial charge is 0.240 e. The minimum atomic E-state index is -1.27. The van der Waals surface area contributed by atoms with E-state index in [1.165, 1.54) is 7.11 Å². The van der Waals surface area contributed by atoms with Crippen molar-refractivity contribution in [1.29, 1.82) is 0 Å². The van der Waals surface area contributed by atoms with Gasteiger partial charge in [0.25, 0.3) is 0 Å². The van der Waals surface area contributed by atoms with E-state index in [4.69, 9.17) is 11.2 Å². The molecule has 0 radical (unpaired) electrons. The molecule has 1 aliphatic heterocycles. The first-order valence-electron chi connectivity index (χ1n) is 6.67. The third-order valence-electron chi connectivity index (χ3n) is 3.05. The Kier molecular flexibility index (Phi) is 5.64. The fourth-order valence-corrected chi connectivity index (χ4v) is 2.82. The molecule has 22 heavy (non-hydrogen) atoms. The Bertz CT molecular complexity index is 662. The molecule has 1 aliphatic rings. The van der Waals surface area contributed by atoms with Gasteiger partial charge in [-0.05, 0) is 29.8 Å². The number of rotatable bonds is 5. The van der Waals surface area contributed by atoms with Crippen molar-refractivity contribution >= 4 is 28.9 Å². The predicted octanol–water partition coefficient (Wildman–Crippen LogP) is 1.72. The second-order valence-corrected chi connectivity index (χ2v) is 6.00. The Hall–Kier alpha value is -2.23. The van der Waals surface area contributed by atoms with E-state index in [-0.39, 0.29) is 11.7 Å². The van der Waals surface area contributed by atoms with Gasteiger partial charge >= 0.3 is 0 Å². The summed E-state index contributed by atoms with van der Waals surface area (Å²) in [6, 6.07) is 5.38. The number of nitrogens with one attached hydrogen (secondary N) is 1. The van der Waals surface area contributed by atoms with E-state index in [9.17, 15) is 9.35 Å². The van der Waals surface area contributed by atoms with E-state index in [0.717, 1.165) is 11.3 Å². The molecule has 114 valence electrons. The lowest BCUT2D eigenvalue weighted by Gasteiger charge is -2.12. The number of amides is 1. The van der Waals surface area contributed by atoms with Crippen LogP contribution in [0, 0.1) is 12.3 Å². The van der Waals surface area contributed by atoms with Crippen molar-refractivity contribution in [2.75, 3.05) is 12.9 Å². The molecule has 0 saturated carbocycles. The number of nitrogens with zero attached hydrogens (tertiary/aromatic N) is 1. The Balaban J connectivity index is 2.16. The molecule has 1 atom stereocenters. The van der Waals surface area contributed by atoms with Crippen molar-refractivity contribution in [1.82, 2.24) is 5.43 Å². The largest absolute Gasteiger partial charge is 0.611 e. The van der Waals surface area contributed by atoms with Gasteiger partial charge in [-0.2, -0.15) is 5.10 Å². The molecule has 5 nitrogen and oxygen atoms in total. The lowest BCUT2D eigenvalue weighted by atomic mass is 10.1. The number of hydrogen-bond donors (Lipinski definition) is 1. The van der Waals surface area contributed by atoms with E-state index in [0.29, 0.717) is 23.5 Å². The summed E-state index contributed by atoms with van der Waals surface area (Å²) in [6.07, 6.45) is 9.95. The van der Waals surface area contributed by atoms with E-state index in [2.05, 4.69) is 16.4 Å². The summed E-state index contributed by atoms with van der Waals surface area (Å²) in [5.74, 6) is 3.00. The average Bonchev–Trinajstić information content (AvgIpc) is 2.54. The van der Waals surface area contributed by atoms with Crippen molar-refractivity contribution in [3.05, 3.63) is 29.8 Å². The predicted molar refractivity (Wildman–Crippen MR) is 86.9 cm³/mol. The molecular weight excluding hydrogens is 300 g/mol. The molecule has 0 fully saturated rings. The van der Waals surface area contributed by atoms with Crippen molar-refractivity contribution in [3.63, 3.8) is 0 Å². The number of ether oxygens (including phenoxy) is 1. The number of carbonyl (C=O) groups excluding carboxylic acids is 1. The number of hydrogen-bond acceptors (Lipinski definition) is 4. The number of methoxy groups -OCH3 is 1. The average molecular weight is 316 g/mol. The highest BCUT2D eigenvalue weighted by Gasteiger charge is 2.16. The zero-order valence-corrected chi connectivity index (χ0v) is 13.0. The van der Waals surface area contributed by atoms with Crippen LogP contribution < -0.4 is 10.2 Å². The minimum absolute atomic E-state index is 0.0702. The van der Waals surface area contributed by atoms with E-state index in [1.807, 2.05) is 18.2 Å². The molecule has 0 aromatic heterocycles. The summed E-state index contributed by atoms with van der Waals surface area (Å²) >= 11 is -1.27. The van der Waals surface area contributed by atoms with Gasteiger partial charge in [0.05, 0.1) is 12.8 Å². The lowest BCUT2D eigenvalue weighted by molar-refractivity contribution is -0.121.